The summed E-state index contributed by atoms with van der Waals surface area (Å²) < 4.78 is 41.2. The van der Waals surface area contributed by atoms with Crippen LogP contribution in [-0.2, 0) is 10.0 Å². The monoisotopic (exact) mass is 332 g/mol. The Morgan fingerprint density at radius 1 is 1.24 bits per heavy atom. The van der Waals surface area contributed by atoms with Gasteiger partial charge in [0.2, 0.25) is 10.0 Å². The zero-order chi connectivity index (χ0) is 15.2. The van der Waals surface area contributed by atoms with Crippen LogP contribution in [0.2, 0.25) is 5.02 Å². The van der Waals surface area contributed by atoms with E-state index in [0.717, 1.165) is 38.2 Å². The number of hydrogen-bond donors (Lipinski definition) is 1. The molecule has 3 rings (SSSR count). The molecule has 7 heteroatoms. The van der Waals surface area contributed by atoms with E-state index in [1.807, 2.05) is 0 Å². The minimum Gasteiger partial charge on any atom is -0.396 e. The zero-order valence-electron chi connectivity index (χ0n) is 11.6. The molecule has 1 saturated carbocycles. The number of hydrogen-bond acceptors (Lipinski definition) is 3. The van der Waals surface area contributed by atoms with Gasteiger partial charge in [-0.25, -0.2) is 12.8 Å². The van der Waals surface area contributed by atoms with Crippen LogP contribution in [0.25, 0.3) is 0 Å². The molecule has 1 heterocycles. The second-order valence-electron chi connectivity index (χ2n) is 5.82. The molecule has 2 atom stereocenters. The van der Waals surface area contributed by atoms with Crippen LogP contribution in [0.1, 0.15) is 32.1 Å². The molecule has 0 bridgehead atoms. The fraction of sp³-hybridized carbons (Fsp3) is 0.571. The van der Waals surface area contributed by atoms with Gasteiger partial charge in [0.05, 0.1) is 5.69 Å². The summed E-state index contributed by atoms with van der Waals surface area (Å²) in [6.07, 6.45) is 4.92. The summed E-state index contributed by atoms with van der Waals surface area (Å²) >= 11 is 5.84. The first kappa shape index (κ1) is 15.1. The van der Waals surface area contributed by atoms with Crippen molar-refractivity contribution in [1.29, 1.82) is 0 Å². The molecule has 116 valence electrons. The van der Waals surface area contributed by atoms with Crippen LogP contribution >= 0.6 is 11.6 Å². The largest absolute Gasteiger partial charge is 0.396 e. The number of nitrogens with zero attached hydrogens (tertiary/aromatic N) is 1. The second kappa shape index (κ2) is 5.41. The molecule has 4 nitrogen and oxygen atoms in total. The number of nitrogens with two attached hydrogens (primary N) is 1. The molecule has 2 N–H and O–H groups in total. The van der Waals surface area contributed by atoms with Gasteiger partial charge in [-0.3, -0.25) is 0 Å². The van der Waals surface area contributed by atoms with E-state index in [4.69, 9.17) is 17.3 Å². The Morgan fingerprint density at radius 3 is 2.71 bits per heavy atom. The predicted octanol–water partition coefficient (Wildman–Crippen LogP) is 3.01. The predicted molar refractivity (Wildman–Crippen MR) is 80.1 cm³/mol. The van der Waals surface area contributed by atoms with Crippen LogP contribution < -0.4 is 5.73 Å². The third-order valence-corrected chi connectivity index (χ3v) is 6.72. The lowest BCUT2D eigenvalue weighted by atomic mass is 9.86. The van der Waals surface area contributed by atoms with Crippen LogP contribution in [0.5, 0.6) is 0 Å². The van der Waals surface area contributed by atoms with Gasteiger partial charge in [-0.2, -0.15) is 4.31 Å². The third-order valence-electron chi connectivity index (χ3n) is 4.58. The molecule has 1 aliphatic heterocycles. The van der Waals surface area contributed by atoms with Crippen molar-refractivity contribution in [3.05, 3.63) is 23.0 Å². The lowest BCUT2D eigenvalue weighted by molar-refractivity contribution is 0.260. The minimum atomic E-state index is -3.89. The SMILES string of the molecule is Nc1cc(Cl)cc(S(=O)(=O)N2CCC3CCCCC32)c1F. The molecule has 21 heavy (non-hydrogen) atoms. The van der Waals surface area contributed by atoms with Gasteiger partial charge in [-0.15, -0.1) is 0 Å². The van der Waals surface area contributed by atoms with Crippen molar-refractivity contribution < 1.29 is 12.8 Å². The maximum atomic E-state index is 14.2. The summed E-state index contributed by atoms with van der Waals surface area (Å²) in [5, 5.41) is 0.131. The van der Waals surface area contributed by atoms with Gasteiger partial charge in [0, 0.05) is 17.6 Å². The van der Waals surface area contributed by atoms with Crippen molar-refractivity contribution in [2.45, 2.75) is 43.0 Å². The smallest absolute Gasteiger partial charge is 0.246 e. The summed E-state index contributed by atoms with van der Waals surface area (Å²) in [4.78, 5) is -0.404. The standard InChI is InChI=1S/C14H18ClFN2O2S/c15-10-7-11(17)14(16)13(8-10)21(19,20)18-6-5-9-3-1-2-4-12(9)18/h7-9,12H,1-6,17H2. The van der Waals surface area contributed by atoms with Gasteiger partial charge < -0.3 is 5.73 Å². The molecule has 2 aliphatic rings. The van der Waals surface area contributed by atoms with Crippen LogP contribution in [0.15, 0.2) is 17.0 Å². The van der Waals surface area contributed by atoms with Gasteiger partial charge in [0.25, 0.3) is 0 Å². The van der Waals surface area contributed by atoms with Crippen molar-refractivity contribution in [2.24, 2.45) is 5.92 Å². The lowest BCUT2D eigenvalue weighted by Gasteiger charge is -2.31. The van der Waals surface area contributed by atoms with Gasteiger partial charge in [-0.05, 0) is 37.3 Å². The Kier molecular flexibility index (Phi) is 3.88. The summed E-state index contributed by atoms with van der Waals surface area (Å²) in [6, 6.07) is 2.37. The molecule has 0 radical (unpaired) electrons. The van der Waals surface area contributed by atoms with E-state index < -0.39 is 20.7 Å². The average molecular weight is 333 g/mol. The highest BCUT2D eigenvalue weighted by atomic mass is 35.5. The number of fused-ring (bicyclic) bond motifs is 1. The summed E-state index contributed by atoms with van der Waals surface area (Å²) in [7, 11) is -3.89. The Balaban J connectivity index is 2.01. The molecule has 2 fully saturated rings. The number of halogens is 2. The topological polar surface area (TPSA) is 63.4 Å². The maximum Gasteiger partial charge on any atom is 0.246 e. The number of nitrogen functional groups attached to an aromatic ring is 1. The van der Waals surface area contributed by atoms with E-state index >= 15 is 0 Å². The maximum absolute atomic E-state index is 14.2. The van der Waals surface area contributed by atoms with E-state index in [2.05, 4.69) is 0 Å². The Morgan fingerprint density at radius 2 is 1.95 bits per heavy atom. The molecular weight excluding hydrogens is 315 g/mol. The molecular formula is C14H18ClFN2O2S. The van der Waals surface area contributed by atoms with Crippen LogP contribution in [0, 0.1) is 11.7 Å². The van der Waals surface area contributed by atoms with E-state index in [-0.39, 0.29) is 16.8 Å². The van der Waals surface area contributed by atoms with Gasteiger partial charge in [0.1, 0.15) is 4.90 Å². The van der Waals surface area contributed by atoms with Crippen LogP contribution in [0.3, 0.4) is 0 Å². The highest BCUT2D eigenvalue weighted by molar-refractivity contribution is 7.89. The van der Waals surface area contributed by atoms with E-state index in [9.17, 15) is 12.8 Å². The number of benzene rings is 1. The molecule has 1 aromatic carbocycles. The average Bonchev–Trinajstić information content (AvgIpc) is 2.87. The number of rotatable bonds is 2. The van der Waals surface area contributed by atoms with Crippen molar-refractivity contribution in [3.8, 4) is 0 Å². The van der Waals surface area contributed by atoms with E-state index in [0.29, 0.717) is 12.5 Å². The van der Waals surface area contributed by atoms with Crippen LogP contribution in [0.4, 0.5) is 10.1 Å². The van der Waals surface area contributed by atoms with Crippen molar-refractivity contribution >= 4 is 27.3 Å². The number of sulfonamides is 1. The number of anilines is 1. The third kappa shape index (κ3) is 2.53. The van der Waals surface area contributed by atoms with Crippen molar-refractivity contribution in [3.63, 3.8) is 0 Å². The molecule has 0 spiro atoms. The molecule has 0 amide bonds. The molecule has 2 unspecified atom stereocenters. The molecule has 1 aromatic rings. The van der Waals surface area contributed by atoms with Gasteiger partial charge in [-0.1, -0.05) is 24.4 Å². The van der Waals surface area contributed by atoms with Crippen LogP contribution in [-0.4, -0.2) is 25.3 Å². The summed E-state index contributed by atoms with van der Waals surface area (Å²) in [6.45, 7) is 0.448. The van der Waals surface area contributed by atoms with Crippen molar-refractivity contribution in [1.82, 2.24) is 4.31 Å². The Labute approximate surface area is 129 Å². The highest BCUT2D eigenvalue weighted by Crippen LogP contribution is 2.40. The lowest BCUT2D eigenvalue weighted by Crippen LogP contribution is -2.39. The second-order valence-corrected chi connectivity index (χ2v) is 8.12. The zero-order valence-corrected chi connectivity index (χ0v) is 13.1. The normalized spacial score (nSPS) is 26.8. The Hall–Kier alpha value is -0.850. The molecule has 1 saturated heterocycles. The first-order valence-corrected chi connectivity index (χ1v) is 8.99. The fourth-order valence-corrected chi connectivity index (χ4v) is 5.70. The first-order chi connectivity index (χ1) is 9.91. The quantitative estimate of drug-likeness (QED) is 0.847. The fourth-order valence-electron chi connectivity index (χ4n) is 3.56. The minimum absolute atomic E-state index is 0.0108. The van der Waals surface area contributed by atoms with Gasteiger partial charge in [0.15, 0.2) is 5.82 Å². The highest BCUT2D eigenvalue weighted by Gasteiger charge is 2.43. The Bertz CT molecular complexity index is 665. The van der Waals surface area contributed by atoms with E-state index in [1.54, 1.807) is 0 Å². The van der Waals surface area contributed by atoms with Gasteiger partial charge >= 0.3 is 0 Å². The summed E-state index contributed by atoms with van der Waals surface area (Å²) in [5.74, 6) is -0.508. The molecule has 0 aromatic heterocycles. The van der Waals surface area contributed by atoms with Crippen molar-refractivity contribution in [2.75, 3.05) is 12.3 Å². The van der Waals surface area contributed by atoms with E-state index in [1.165, 1.54) is 10.4 Å². The molecule has 1 aliphatic carbocycles. The summed E-state index contributed by atoms with van der Waals surface area (Å²) in [5.41, 5.74) is 5.27. The first-order valence-electron chi connectivity index (χ1n) is 7.17.